The lowest BCUT2D eigenvalue weighted by Crippen LogP contribution is -1.89. The van der Waals surface area contributed by atoms with Crippen LogP contribution in [0.25, 0.3) is 0 Å². The van der Waals surface area contributed by atoms with Crippen molar-refractivity contribution in [1.29, 1.82) is 0 Å². The molecule has 9 heteroatoms. The molecule has 18 heavy (non-hydrogen) atoms. The van der Waals surface area contributed by atoms with Crippen molar-refractivity contribution >= 4 is 53.8 Å². The molecule has 0 spiro atoms. The molecule has 0 radical (unpaired) electrons. The second-order valence-electron chi connectivity index (χ2n) is 2.20. The van der Waals surface area contributed by atoms with Crippen molar-refractivity contribution in [3.8, 4) is 30.9 Å². The van der Waals surface area contributed by atoms with Crippen LogP contribution in [-0.2, 0) is 16.3 Å². The molecule has 0 aromatic carbocycles. The summed E-state index contributed by atoms with van der Waals surface area (Å²) in [6.07, 6.45) is 12.2. The fourth-order valence-corrected chi connectivity index (χ4v) is 1.95. The molecule has 1 aromatic heterocycles. The van der Waals surface area contributed by atoms with Crippen molar-refractivity contribution in [2.24, 2.45) is 0 Å². The van der Waals surface area contributed by atoms with Gasteiger partial charge in [-0.05, 0) is 6.07 Å². The summed E-state index contributed by atoms with van der Waals surface area (Å²) in [6.45, 7) is 0. The van der Waals surface area contributed by atoms with Gasteiger partial charge in [0.25, 0.3) is 17.7 Å². The third-order valence-corrected chi connectivity index (χ3v) is 3.11. The molecular weight excluding hydrogens is 340 g/mol. The van der Waals surface area contributed by atoms with E-state index >= 15 is 0 Å². The molecule has 1 aromatic rings. The standard InChI is InChI=1S/C7H2Cl3NO2PS.C2H2O.4H2/c1-2-12-14(15)13-7-5(9)3-4(8)6(10)11-7;1-2-3;;;;/h1,3H;1,3H;4*1H/q+1;;;;;. The Bertz CT molecular complexity index is 542. The highest BCUT2D eigenvalue weighted by atomic mass is 35.5. The number of nitrogens with zero attached hydrogens (tertiary/aromatic N) is 1. The lowest BCUT2D eigenvalue weighted by Gasteiger charge is -1.98. The molecule has 0 aliphatic carbocycles. The quantitative estimate of drug-likeness (QED) is 0.484. The molecule has 0 aliphatic rings. The number of aliphatic hydroxyl groups excluding tert-OH is 1. The number of aromatic nitrogens is 1. The number of hydrogen-bond donors (Lipinski definition) is 1. The zero-order chi connectivity index (χ0) is 14.1. The van der Waals surface area contributed by atoms with E-state index in [0.717, 1.165) is 0 Å². The van der Waals surface area contributed by atoms with Crippen LogP contribution in [0.15, 0.2) is 6.07 Å². The highest BCUT2D eigenvalue weighted by Crippen LogP contribution is 2.35. The maximum Gasteiger partial charge on any atom is 0.637 e. The van der Waals surface area contributed by atoms with Crippen molar-refractivity contribution in [2.45, 2.75) is 0 Å². The van der Waals surface area contributed by atoms with Crippen LogP contribution in [0.2, 0.25) is 15.2 Å². The first-order valence-corrected chi connectivity index (χ1v) is 7.17. The first-order valence-electron chi connectivity index (χ1n) is 3.85. The van der Waals surface area contributed by atoms with E-state index in [4.69, 9.17) is 62.7 Å². The van der Waals surface area contributed by atoms with Gasteiger partial charge in [-0.3, -0.25) is 0 Å². The molecule has 1 N–H and O–H groups in total. The van der Waals surface area contributed by atoms with Crippen LogP contribution >= 0.6 is 42.0 Å². The number of terminal acetylenes is 2. The molecule has 1 atom stereocenters. The van der Waals surface area contributed by atoms with E-state index in [1.807, 2.05) is 6.11 Å². The van der Waals surface area contributed by atoms with E-state index in [1.165, 1.54) is 12.2 Å². The number of halogens is 3. The van der Waals surface area contributed by atoms with Gasteiger partial charge >= 0.3 is 7.15 Å². The van der Waals surface area contributed by atoms with Crippen molar-refractivity contribution < 1.29 is 19.9 Å². The second-order valence-corrected chi connectivity index (χ2v) is 5.08. The Morgan fingerprint density at radius 1 is 1.39 bits per heavy atom. The van der Waals surface area contributed by atoms with Crippen LogP contribution in [0, 0.1) is 25.1 Å². The molecule has 1 unspecified atom stereocenters. The van der Waals surface area contributed by atoms with Crippen molar-refractivity contribution in [1.82, 2.24) is 4.98 Å². The van der Waals surface area contributed by atoms with Crippen molar-refractivity contribution in [3.05, 3.63) is 21.3 Å². The molecule has 0 bridgehead atoms. The van der Waals surface area contributed by atoms with E-state index in [0.29, 0.717) is 0 Å². The second kappa shape index (κ2) is 9.05. The molecule has 0 saturated carbocycles. The Labute approximate surface area is 131 Å². The van der Waals surface area contributed by atoms with Crippen LogP contribution in [0.3, 0.4) is 0 Å². The topological polar surface area (TPSA) is 51.6 Å². The molecule has 0 amide bonds. The van der Waals surface area contributed by atoms with Crippen molar-refractivity contribution in [3.63, 3.8) is 0 Å². The van der Waals surface area contributed by atoms with Gasteiger partial charge < -0.3 is 5.11 Å². The Balaban J connectivity index is -0.000000127. The molecule has 1 heterocycles. The largest absolute Gasteiger partial charge is 0.637 e. The average Bonchev–Trinajstić information content (AvgIpc) is 2.27. The van der Waals surface area contributed by atoms with Gasteiger partial charge in [-0.1, -0.05) is 47.6 Å². The number of hydrogen-bond acceptors (Lipinski definition) is 5. The Morgan fingerprint density at radius 3 is 2.44 bits per heavy atom. The molecular formula is C9H12Cl3NO3PS+. The third-order valence-electron chi connectivity index (χ3n) is 1.14. The Morgan fingerprint density at radius 2 is 1.94 bits per heavy atom. The SMILES string of the molecule is C#CO.C#CO[P+](=S)Oc1nc(Cl)c(Cl)cc1Cl.[HH].[HH].[HH].[HH]. The average molecular weight is 352 g/mol. The Hall–Kier alpha value is -0.940. The van der Waals surface area contributed by atoms with Crippen LogP contribution in [0.4, 0.5) is 0 Å². The minimum atomic E-state index is -1.70. The molecule has 0 fully saturated rings. The van der Waals surface area contributed by atoms with E-state index in [9.17, 15) is 0 Å². The first-order chi connectivity index (χ1) is 8.46. The van der Waals surface area contributed by atoms with Crippen molar-refractivity contribution in [2.75, 3.05) is 0 Å². The molecule has 1 rings (SSSR count). The zero-order valence-corrected chi connectivity index (χ0v) is 12.4. The maximum atomic E-state index is 7.10. The normalized spacial score (nSPS) is 9.06. The van der Waals surface area contributed by atoms with Crippen LogP contribution < -0.4 is 4.52 Å². The highest BCUT2D eigenvalue weighted by Gasteiger charge is 2.20. The number of aliphatic hydroxyl groups is 1. The third kappa shape index (κ3) is 6.12. The fraction of sp³-hybridized carbons (Fsp3) is 0. The van der Waals surface area contributed by atoms with E-state index in [2.05, 4.69) is 15.9 Å². The van der Waals surface area contributed by atoms with Crippen LogP contribution in [0.1, 0.15) is 5.71 Å². The molecule has 4 nitrogen and oxygen atoms in total. The zero-order valence-electron chi connectivity index (χ0n) is 8.43. The summed E-state index contributed by atoms with van der Waals surface area (Å²) in [5.41, 5.74) is 0. The minimum Gasteiger partial charge on any atom is -0.462 e. The monoisotopic (exact) mass is 350 g/mol. The van der Waals surface area contributed by atoms with Crippen LogP contribution in [-0.4, -0.2) is 10.1 Å². The van der Waals surface area contributed by atoms with Crippen LogP contribution in [0.5, 0.6) is 5.88 Å². The van der Waals surface area contributed by atoms with Gasteiger partial charge in [-0.2, -0.15) is 9.51 Å². The summed E-state index contributed by atoms with van der Waals surface area (Å²) < 4.78 is 9.63. The molecule has 0 saturated heterocycles. The summed E-state index contributed by atoms with van der Waals surface area (Å²) >= 11 is 21.9. The van der Waals surface area contributed by atoms with E-state index < -0.39 is 7.15 Å². The minimum absolute atomic E-state index is 0. The van der Waals surface area contributed by atoms with E-state index in [1.54, 1.807) is 0 Å². The summed E-state index contributed by atoms with van der Waals surface area (Å²) in [6, 6.07) is 1.39. The van der Waals surface area contributed by atoms with Gasteiger partial charge in [0.1, 0.15) is 11.1 Å². The summed E-state index contributed by atoms with van der Waals surface area (Å²) in [5, 5.41) is 7.57. The summed E-state index contributed by atoms with van der Waals surface area (Å²) in [7, 11) is -1.70. The predicted molar refractivity (Wildman–Crippen MR) is 83.3 cm³/mol. The fourth-order valence-electron chi connectivity index (χ4n) is 0.625. The number of pyridine rings is 1. The molecule has 102 valence electrons. The van der Waals surface area contributed by atoms with Gasteiger partial charge in [0.2, 0.25) is 0 Å². The smallest absolute Gasteiger partial charge is 0.462 e. The van der Waals surface area contributed by atoms with Gasteiger partial charge in [0.05, 0.1) is 5.02 Å². The van der Waals surface area contributed by atoms with E-state index in [-0.39, 0.29) is 26.8 Å². The van der Waals surface area contributed by atoms with Gasteiger partial charge in [0.15, 0.2) is 11.3 Å². The highest BCUT2D eigenvalue weighted by molar-refractivity contribution is 8.00. The molecule has 0 aliphatic heterocycles. The van der Waals surface area contributed by atoms with Gasteiger partial charge in [0, 0.05) is 5.71 Å². The summed E-state index contributed by atoms with van der Waals surface area (Å²) in [4.78, 5) is 3.77. The van der Waals surface area contributed by atoms with Gasteiger partial charge in [-0.25, -0.2) is 4.52 Å². The maximum absolute atomic E-state index is 7.10. The van der Waals surface area contributed by atoms with Gasteiger partial charge in [-0.15, -0.1) is 0 Å². The predicted octanol–water partition coefficient (Wildman–Crippen LogP) is 4.74. The lowest BCUT2D eigenvalue weighted by atomic mass is 10.5. The summed E-state index contributed by atoms with van der Waals surface area (Å²) in [5.74, 6) is 0.0439. The lowest BCUT2D eigenvalue weighted by molar-refractivity contribution is 0.481. The number of rotatable bonds is 3. The Kier molecular flexibility index (Phi) is 8.58. The first kappa shape index (κ1) is 17.1.